The summed E-state index contributed by atoms with van der Waals surface area (Å²) in [4.78, 5) is 4.49. The summed E-state index contributed by atoms with van der Waals surface area (Å²) in [5.41, 5.74) is 0.757. The summed E-state index contributed by atoms with van der Waals surface area (Å²) in [7, 11) is 0. The second-order valence-corrected chi connectivity index (χ2v) is 6.61. The van der Waals surface area contributed by atoms with E-state index >= 15 is 0 Å². The molecule has 3 aromatic rings. The molecule has 0 aliphatic rings. The van der Waals surface area contributed by atoms with Gasteiger partial charge in [-0.25, -0.2) is 13.8 Å². The number of nitrogens with zero attached hydrogens (tertiary/aromatic N) is 1. The molecule has 1 heterocycles. The molecule has 0 fully saturated rings. The summed E-state index contributed by atoms with van der Waals surface area (Å²) in [6.07, 6.45) is 0. The van der Waals surface area contributed by atoms with Gasteiger partial charge in [-0.3, -0.25) is 0 Å². The molecule has 0 saturated carbocycles. The van der Waals surface area contributed by atoms with Crippen molar-refractivity contribution in [3.8, 4) is 0 Å². The summed E-state index contributed by atoms with van der Waals surface area (Å²) < 4.78 is 29.1. The fourth-order valence-electron chi connectivity index (χ4n) is 2.03. The standard InChI is InChI=1S/C15H11BrF2N2S/c1-8(15-20-12-4-2-3-5-13(12)21-15)19-14-10(17)6-9(16)7-11(14)18/h2-8,19H,1H3. The van der Waals surface area contributed by atoms with Gasteiger partial charge in [0.05, 0.1) is 16.3 Å². The quantitative estimate of drug-likeness (QED) is 0.659. The number of fused-ring (bicyclic) bond motifs is 1. The summed E-state index contributed by atoms with van der Waals surface area (Å²) in [6.45, 7) is 1.83. The zero-order valence-corrected chi connectivity index (χ0v) is 13.4. The molecule has 2 aromatic carbocycles. The van der Waals surface area contributed by atoms with Crippen LogP contribution < -0.4 is 5.32 Å². The predicted molar refractivity (Wildman–Crippen MR) is 85.7 cm³/mol. The highest BCUT2D eigenvalue weighted by Crippen LogP contribution is 2.31. The molecule has 1 unspecified atom stereocenters. The number of nitrogens with one attached hydrogen (secondary N) is 1. The van der Waals surface area contributed by atoms with Crippen LogP contribution in [-0.2, 0) is 0 Å². The number of anilines is 1. The SMILES string of the molecule is CC(Nc1c(F)cc(Br)cc1F)c1nc2ccccc2s1. The van der Waals surface area contributed by atoms with Gasteiger partial charge in [0.2, 0.25) is 0 Å². The Balaban J connectivity index is 1.91. The van der Waals surface area contributed by atoms with Crippen molar-refractivity contribution in [3.63, 3.8) is 0 Å². The summed E-state index contributed by atoms with van der Waals surface area (Å²) >= 11 is 4.58. The Hall–Kier alpha value is -1.53. The van der Waals surface area contributed by atoms with Crippen LogP contribution in [0.5, 0.6) is 0 Å². The molecule has 1 aromatic heterocycles. The monoisotopic (exact) mass is 368 g/mol. The minimum Gasteiger partial charge on any atom is -0.371 e. The Labute approximate surface area is 133 Å². The first kappa shape index (κ1) is 14.4. The lowest BCUT2D eigenvalue weighted by Gasteiger charge is -2.14. The molecule has 0 aliphatic heterocycles. The lowest BCUT2D eigenvalue weighted by Crippen LogP contribution is -2.09. The predicted octanol–water partition coefficient (Wildman–Crippen LogP) is 5.51. The molecule has 0 saturated heterocycles. The average Bonchev–Trinajstić information content (AvgIpc) is 2.86. The summed E-state index contributed by atoms with van der Waals surface area (Å²) in [6, 6.07) is 9.93. The number of halogens is 3. The first-order valence-electron chi connectivity index (χ1n) is 6.31. The van der Waals surface area contributed by atoms with Crippen molar-refractivity contribution in [2.45, 2.75) is 13.0 Å². The van der Waals surface area contributed by atoms with E-state index in [4.69, 9.17) is 0 Å². The van der Waals surface area contributed by atoms with Crippen LogP contribution >= 0.6 is 27.3 Å². The molecule has 3 rings (SSSR count). The first-order chi connectivity index (χ1) is 10.0. The van der Waals surface area contributed by atoms with Crippen molar-refractivity contribution < 1.29 is 8.78 Å². The second-order valence-electron chi connectivity index (χ2n) is 4.63. The van der Waals surface area contributed by atoms with Crippen LogP contribution in [0.25, 0.3) is 10.2 Å². The zero-order chi connectivity index (χ0) is 15.0. The first-order valence-corrected chi connectivity index (χ1v) is 7.92. The van der Waals surface area contributed by atoms with Gasteiger partial charge >= 0.3 is 0 Å². The highest BCUT2D eigenvalue weighted by Gasteiger charge is 2.16. The van der Waals surface area contributed by atoms with Gasteiger partial charge in [-0.15, -0.1) is 11.3 Å². The number of hydrogen-bond donors (Lipinski definition) is 1. The highest BCUT2D eigenvalue weighted by atomic mass is 79.9. The molecule has 1 N–H and O–H groups in total. The third kappa shape index (κ3) is 2.91. The maximum Gasteiger partial charge on any atom is 0.150 e. The number of rotatable bonds is 3. The number of hydrogen-bond acceptors (Lipinski definition) is 3. The van der Waals surface area contributed by atoms with E-state index in [1.54, 1.807) is 0 Å². The maximum absolute atomic E-state index is 13.8. The van der Waals surface area contributed by atoms with Crippen molar-refractivity contribution in [1.29, 1.82) is 0 Å². The summed E-state index contributed by atoms with van der Waals surface area (Å²) in [5, 5.41) is 3.65. The average molecular weight is 369 g/mol. The molecule has 2 nitrogen and oxygen atoms in total. The Bertz CT molecular complexity index is 747. The number of thiazole rings is 1. The molecule has 108 valence electrons. The van der Waals surface area contributed by atoms with Gasteiger partial charge in [0.25, 0.3) is 0 Å². The van der Waals surface area contributed by atoms with E-state index in [0.29, 0.717) is 4.47 Å². The van der Waals surface area contributed by atoms with Crippen LogP contribution in [0, 0.1) is 11.6 Å². The van der Waals surface area contributed by atoms with Gasteiger partial charge in [-0.2, -0.15) is 0 Å². The molecule has 0 bridgehead atoms. The third-order valence-electron chi connectivity index (χ3n) is 3.05. The van der Waals surface area contributed by atoms with E-state index in [9.17, 15) is 8.78 Å². The third-order valence-corrected chi connectivity index (χ3v) is 4.73. The molecule has 0 aliphatic carbocycles. The smallest absolute Gasteiger partial charge is 0.150 e. The normalized spacial score (nSPS) is 12.6. The van der Waals surface area contributed by atoms with Crippen LogP contribution in [0.15, 0.2) is 40.9 Å². The Morgan fingerprint density at radius 2 is 1.86 bits per heavy atom. The van der Waals surface area contributed by atoms with E-state index in [0.717, 1.165) is 15.2 Å². The molecule has 1 atom stereocenters. The lowest BCUT2D eigenvalue weighted by molar-refractivity contribution is 0.583. The minimum absolute atomic E-state index is 0.134. The molecule has 0 spiro atoms. The van der Waals surface area contributed by atoms with Crippen LogP contribution in [0.1, 0.15) is 18.0 Å². The number of aromatic nitrogens is 1. The second kappa shape index (κ2) is 5.69. The Kier molecular flexibility index (Phi) is 3.91. The van der Waals surface area contributed by atoms with Gasteiger partial charge in [0.1, 0.15) is 22.3 Å². The fraction of sp³-hybridized carbons (Fsp3) is 0.133. The van der Waals surface area contributed by atoms with Crippen molar-refractivity contribution in [3.05, 3.63) is 57.5 Å². The van der Waals surface area contributed by atoms with E-state index in [1.807, 2.05) is 31.2 Å². The van der Waals surface area contributed by atoms with Crippen molar-refractivity contribution >= 4 is 43.2 Å². The van der Waals surface area contributed by atoms with Crippen LogP contribution in [0.4, 0.5) is 14.5 Å². The maximum atomic E-state index is 13.8. The van der Waals surface area contributed by atoms with Crippen molar-refractivity contribution in [2.75, 3.05) is 5.32 Å². The Morgan fingerprint density at radius 1 is 1.19 bits per heavy atom. The van der Waals surface area contributed by atoms with Gasteiger partial charge in [-0.1, -0.05) is 28.1 Å². The molecule has 0 radical (unpaired) electrons. The van der Waals surface area contributed by atoms with Gasteiger partial charge < -0.3 is 5.32 Å². The van der Waals surface area contributed by atoms with Crippen molar-refractivity contribution in [2.24, 2.45) is 0 Å². The fourth-order valence-corrected chi connectivity index (χ4v) is 3.41. The van der Waals surface area contributed by atoms with Gasteiger partial charge in [0, 0.05) is 4.47 Å². The number of benzene rings is 2. The minimum atomic E-state index is -0.630. The topological polar surface area (TPSA) is 24.9 Å². The molecular formula is C15H11BrF2N2S. The van der Waals surface area contributed by atoms with Crippen LogP contribution in [0.2, 0.25) is 0 Å². The molecule has 21 heavy (non-hydrogen) atoms. The number of para-hydroxylation sites is 1. The zero-order valence-electron chi connectivity index (χ0n) is 11.0. The van der Waals surface area contributed by atoms with E-state index in [2.05, 4.69) is 26.2 Å². The van der Waals surface area contributed by atoms with Gasteiger partial charge in [0.15, 0.2) is 0 Å². The highest BCUT2D eigenvalue weighted by molar-refractivity contribution is 9.10. The van der Waals surface area contributed by atoms with E-state index in [1.165, 1.54) is 23.5 Å². The van der Waals surface area contributed by atoms with E-state index < -0.39 is 11.6 Å². The summed E-state index contributed by atoms with van der Waals surface area (Å²) in [5.74, 6) is -1.26. The van der Waals surface area contributed by atoms with Crippen LogP contribution in [0.3, 0.4) is 0 Å². The largest absolute Gasteiger partial charge is 0.371 e. The molecular weight excluding hydrogens is 358 g/mol. The van der Waals surface area contributed by atoms with Crippen molar-refractivity contribution in [1.82, 2.24) is 4.98 Å². The van der Waals surface area contributed by atoms with E-state index in [-0.39, 0.29) is 11.7 Å². The Morgan fingerprint density at radius 3 is 2.52 bits per heavy atom. The lowest BCUT2D eigenvalue weighted by atomic mass is 10.2. The van der Waals surface area contributed by atoms with Crippen LogP contribution in [-0.4, -0.2) is 4.98 Å². The molecule has 6 heteroatoms. The van der Waals surface area contributed by atoms with Gasteiger partial charge in [-0.05, 0) is 31.2 Å². The molecule has 0 amide bonds.